The molecule has 13 heavy (non-hydrogen) atoms. The van der Waals surface area contributed by atoms with Crippen LogP contribution >= 0.6 is 0 Å². The van der Waals surface area contributed by atoms with Crippen molar-refractivity contribution in [1.29, 1.82) is 0 Å². The molecule has 1 aromatic rings. The molecule has 1 heterocycles. The van der Waals surface area contributed by atoms with Gasteiger partial charge < -0.3 is 10.4 Å². The molecule has 0 fully saturated rings. The average Bonchev–Trinajstić information content (AvgIpc) is 2.64. The minimum Gasteiger partial charge on any atom is -0.395 e. The summed E-state index contributed by atoms with van der Waals surface area (Å²) in [5, 5.41) is 14.8. The fourth-order valence-electron chi connectivity index (χ4n) is 0.848. The summed E-state index contributed by atoms with van der Waals surface area (Å²) in [7, 11) is 0. The lowest BCUT2D eigenvalue weighted by Gasteiger charge is -2.02. The third-order valence-electron chi connectivity index (χ3n) is 1.47. The van der Waals surface area contributed by atoms with Crippen molar-refractivity contribution in [3.05, 3.63) is 12.7 Å². The lowest BCUT2D eigenvalue weighted by molar-refractivity contribution is -0.121. The van der Waals surface area contributed by atoms with Crippen LogP contribution in [0.1, 0.15) is 6.42 Å². The number of carbonyl (C=O) groups is 1. The highest BCUT2D eigenvalue weighted by Gasteiger charge is 2.00. The van der Waals surface area contributed by atoms with Crippen LogP contribution in [0.2, 0.25) is 0 Å². The molecule has 0 spiro atoms. The van der Waals surface area contributed by atoms with Gasteiger partial charge in [0.25, 0.3) is 0 Å². The van der Waals surface area contributed by atoms with Crippen molar-refractivity contribution in [3.63, 3.8) is 0 Å². The number of rotatable bonds is 5. The minimum atomic E-state index is -0.0930. The van der Waals surface area contributed by atoms with Crippen molar-refractivity contribution in [2.24, 2.45) is 0 Å². The first-order valence-electron chi connectivity index (χ1n) is 4.03. The molecule has 0 unspecified atom stereocenters. The van der Waals surface area contributed by atoms with Gasteiger partial charge >= 0.3 is 0 Å². The Morgan fingerprint density at radius 2 is 2.46 bits per heavy atom. The second-order valence-corrected chi connectivity index (χ2v) is 2.48. The number of aliphatic hydroxyl groups excluding tert-OH is 1. The summed E-state index contributed by atoms with van der Waals surface area (Å²) in [6, 6.07) is 0. The fraction of sp³-hybridized carbons (Fsp3) is 0.571. The van der Waals surface area contributed by atoms with Crippen molar-refractivity contribution in [2.75, 3.05) is 13.2 Å². The van der Waals surface area contributed by atoms with Crippen molar-refractivity contribution < 1.29 is 9.90 Å². The third-order valence-corrected chi connectivity index (χ3v) is 1.47. The molecule has 72 valence electrons. The highest BCUT2D eigenvalue weighted by atomic mass is 16.3. The van der Waals surface area contributed by atoms with Crippen molar-refractivity contribution >= 4 is 5.91 Å². The molecular weight excluding hydrogens is 172 g/mol. The van der Waals surface area contributed by atoms with E-state index in [9.17, 15) is 4.79 Å². The predicted octanol–water partition coefficient (Wildman–Crippen LogP) is -1.22. The summed E-state index contributed by atoms with van der Waals surface area (Å²) in [6.45, 7) is 0.780. The second kappa shape index (κ2) is 5.26. The Kier molecular flexibility index (Phi) is 3.90. The monoisotopic (exact) mass is 184 g/mol. The van der Waals surface area contributed by atoms with Gasteiger partial charge in [-0.1, -0.05) is 0 Å². The van der Waals surface area contributed by atoms with Crippen LogP contribution in [0, 0.1) is 0 Å². The molecule has 0 aliphatic carbocycles. The fourth-order valence-corrected chi connectivity index (χ4v) is 0.848. The van der Waals surface area contributed by atoms with E-state index >= 15 is 0 Å². The quantitative estimate of drug-likeness (QED) is 0.601. The van der Waals surface area contributed by atoms with Crippen molar-refractivity contribution in [1.82, 2.24) is 20.1 Å². The van der Waals surface area contributed by atoms with Crippen LogP contribution in [0.25, 0.3) is 0 Å². The van der Waals surface area contributed by atoms with Gasteiger partial charge in [-0.3, -0.25) is 9.48 Å². The number of carbonyl (C=O) groups excluding carboxylic acids is 1. The zero-order valence-corrected chi connectivity index (χ0v) is 7.18. The molecule has 6 nitrogen and oxygen atoms in total. The Bertz CT molecular complexity index is 247. The maximum Gasteiger partial charge on any atom is 0.221 e. The van der Waals surface area contributed by atoms with Gasteiger partial charge in [-0.25, -0.2) is 4.98 Å². The van der Waals surface area contributed by atoms with E-state index in [0.717, 1.165) is 0 Å². The zero-order valence-electron chi connectivity index (χ0n) is 7.18. The molecule has 0 saturated carbocycles. The summed E-state index contributed by atoms with van der Waals surface area (Å²) >= 11 is 0. The number of aryl methyl sites for hydroxylation is 1. The molecule has 1 aromatic heterocycles. The molecule has 0 aliphatic rings. The molecule has 0 aromatic carbocycles. The Balaban J connectivity index is 2.15. The largest absolute Gasteiger partial charge is 0.395 e. The number of nitrogens with zero attached hydrogens (tertiary/aromatic N) is 3. The number of amides is 1. The highest BCUT2D eigenvalue weighted by molar-refractivity contribution is 5.75. The van der Waals surface area contributed by atoms with Crippen LogP contribution in [0.5, 0.6) is 0 Å². The standard InChI is InChI=1S/C7H12N4O2/c12-4-2-9-7(13)1-3-11-6-8-5-10-11/h5-6,12H,1-4H2,(H,9,13). The molecule has 0 radical (unpaired) electrons. The van der Waals surface area contributed by atoms with Crippen LogP contribution in [-0.2, 0) is 11.3 Å². The zero-order chi connectivity index (χ0) is 9.52. The maximum atomic E-state index is 11.0. The first-order chi connectivity index (χ1) is 6.33. The Morgan fingerprint density at radius 3 is 3.08 bits per heavy atom. The number of aromatic nitrogens is 3. The van der Waals surface area contributed by atoms with Gasteiger partial charge in [-0.2, -0.15) is 5.10 Å². The van der Waals surface area contributed by atoms with Gasteiger partial charge in [0.15, 0.2) is 0 Å². The van der Waals surface area contributed by atoms with Gasteiger partial charge in [-0.05, 0) is 0 Å². The average molecular weight is 184 g/mol. The number of hydrogen-bond acceptors (Lipinski definition) is 4. The Morgan fingerprint density at radius 1 is 1.62 bits per heavy atom. The van der Waals surface area contributed by atoms with Gasteiger partial charge in [0.1, 0.15) is 12.7 Å². The highest BCUT2D eigenvalue weighted by Crippen LogP contribution is 1.86. The summed E-state index contributed by atoms with van der Waals surface area (Å²) in [6.07, 6.45) is 3.33. The van der Waals surface area contributed by atoms with Gasteiger partial charge in [0.2, 0.25) is 5.91 Å². The lowest BCUT2D eigenvalue weighted by Crippen LogP contribution is -2.27. The molecule has 1 amide bonds. The minimum absolute atomic E-state index is 0.0327. The summed E-state index contributed by atoms with van der Waals surface area (Å²) in [5.41, 5.74) is 0. The predicted molar refractivity (Wildman–Crippen MR) is 44.7 cm³/mol. The SMILES string of the molecule is O=C(CCn1cncn1)NCCO. The van der Waals surface area contributed by atoms with E-state index in [1.54, 1.807) is 11.0 Å². The third kappa shape index (κ3) is 3.66. The molecule has 0 atom stereocenters. The van der Waals surface area contributed by atoms with Gasteiger partial charge in [0, 0.05) is 13.0 Å². The first kappa shape index (κ1) is 9.66. The van der Waals surface area contributed by atoms with Crippen molar-refractivity contribution in [2.45, 2.75) is 13.0 Å². The molecule has 2 N–H and O–H groups in total. The number of aliphatic hydroxyl groups is 1. The number of nitrogens with one attached hydrogen (secondary N) is 1. The van der Waals surface area contributed by atoms with Gasteiger partial charge in [-0.15, -0.1) is 0 Å². The lowest BCUT2D eigenvalue weighted by atomic mass is 10.4. The molecule has 0 saturated heterocycles. The van der Waals surface area contributed by atoms with Gasteiger partial charge in [0.05, 0.1) is 13.2 Å². The number of hydrogen-bond donors (Lipinski definition) is 2. The van der Waals surface area contributed by atoms with E-state index in [2.05, 4.69) is 15.4 Å². The Hall–Kier alpha value is -1.43. The molecule has 1 rings (SSSR count). The van der Waals surface area contributed by atoms with E-state index in [0.29, 0.717) is 19.5 Å². The normalized spacial score (nSPS) is 9.92. The van der Waals surface area contributed by atoms with Crippen LogP contribution in [0.4, 0.5) is 0 Å². The van der Waals surface area contributed by atoms with Crippen LogP contribution in [0.15, 0.2) is 12.7 Å². The second-order valence-electron chi connectivity index (χ2n) is 2.48. The van der Waals surface area contributed by atoms with Crippen molar-refractivity contribution in [3.8, 4) is 0 Å². The van der Waals surface area contributed by atoms with E-state index < -0.39 is 0 Å². The van der Waals surface area contributed by atoms with E-state index in [-0.39, 0.29) is 12.5 Å². The maximum absolute atomic E-state index is 11.0. The van der Waals surface area contributed by atoms with E-state index in [1.807, 2.05) is 0 Å². The molecule has 0 aliphatic heterocycles. The van der Waals surface area contributed by atoms with Crippen LogP contribution in [-0.4, -0.2) is 38.9 Å². The van der Waals surface area contributed by atoms with Crippen LogP contribution in [0.3, 0.4) is 0 Å². The topological polar surface area (TPSA) is 80.0 Å². The Labute approximate surface area is 75.6 Å². The smallest absolute Gasteiger partial charge is 0.221 e. The first-order valence-corrected chi connectivity index (χ1v) is 4.03. The summed E-state index contributed by atoms with van der Waals surface area (Å²) in [5.74, 6) is -0.0930. The molecular formula is C7H12N4O2. The molecule has 0 bridgehead atoms. The van der Waals surface area contributed by atoms with E-state index in [1.165, 1.54) is 6.33 Å². The summed E-state index contributed by atoms with van der Waals surface area (Å²) < 4.78 is 1.58. The van der Waals surface area contributed by atoms with Crippen LogP contribution < -0.4 is 5.32 Å². The summed E-state index contributed by atoms with van der Waals surface area (Å²) in [4.78, 5) is 14.8. The van der Waals surface area contributed by atoms with E-state index in [4.69, 9.17) is 5.11 Å². The molecule has 6 heteroatoms.